The predicted octanol–water partition coefficient (Wildman–Crippen LogP) is 5.75. The van der Waals surface area contributed by atoms with Crippen LogP contribution in [0.3, 0.4) is 0 Å². The molecule has 0 aliphatic carbocycles. The molecule has 34 heavy (non-hydrogen) atoms. The van der Waals surface area contributed by atoms with Gasteiger partial charge in [-0.3, -0.25) is 4.79 Å². The van der Waals surface area contributed by atoms with Crippen LogP contribution in [0.5, 0.6) is 0 Å². The van der Waals surface area contributed by atoms with E-state index in [0.29, 0.717) is 28.1 Å². The molecule has 0 aliphatic heterocycles. The highest BCUT2D eigenvalue weighted by molar-refractivity contribution is 6.11. The number of hydrogen-bond acceptors (Lipinski definition) is 4. The number of H-pyrrole nitrogens is 1. The van der Waals surface area contributed by atoms with Crippen molar-refractivity contribution in [3.8, 4) is 5.69 Å². The van der Waals surface area contributed by atoms with Crippen molar-refractivity contribution in [2.24, 2.45) is 0 Å². The van der Waals surface area contributed by atoms with Crippen molar-refractivity contribution in [3.63, 3.8) is 0 Å². The summed E-state index contributed by atoms with van der Waals surface area (Å²) in [6.07, 6.45) is 0.576. The Morgan fingerprint density at radius 2 is 1.53 bits per heavy atom. The van der Waals surface area contributed by atoms with Gasteiger partial charge >= 0.3 is 5.97 Å². The van der Waals surface area contributed by atoms with E-state index >= 15 is 0 Å². The van der Waals surface area contributed by atoms with Gasteiger partial charge < -0.3 is 9.72 Å². The number of esters is 1. The second-order valence-electron chi connectivity index (χ2n) is 8.10. The third-order valence-corrected chi connectivity index (χ3v) is 5.92. The quantitative estimate of drug-likeness (QED) is 0.264. The molecule has 0 bridgehead atoms. The second kappa shape index (κ2) is 8.83. The summed E-state index contributed by atoms with van der Waals surface area (Å²) in [7, 11) is 0. The highest BCUT2D eigenvalue weighted by atomic mass is 16.5. The number of rotatable bonds is 6. The van der Waals surface area contributed by atoms with Gasteiger partial charge in [0.15, 0.2) is 6.10 Å². The Hall–Kier alpha value is -4.45. The predicted molar refractivity (Wildman–Crippen MR) is 130 cm³/mol. The smallest absolute Gasteiger partial charge is 0.342 e. The number of nitrogens with one attached hydrogen (secondary N) is 1. The molecule has 0 fully saturated rings. The maximum atomic E-state index is 13.7. The van der Waals surface area contributed by atoms with E-state index < -0.39 is 12.1 Å². The van der Waals surface area contributed by atoms with E-state index in [1.807, 2.05) is 79.7 Å². The minimum atomic E-state index is -1.09. The zero-order valence-corrected chi connectivity index (χ0v) is 18.9. The number of carbonyl (C=O) groups is 2. The molecular formula is C28H23N3O3. The summed E-state index contributed by atoms with van der Waals surface area (Å²) in [6.45, 7) is 3.59. The van der Waals surface area contributed by atoms with Crippen molar-refractivity contribution < 1.29 is 14.3 Å². The number of benzene rings is 3. The average Bonchev–Trinajstić information content (AvgIpc) is 3.43. The number of aromatic nitrogens is 3. The molecule has 0 saturated heterocycles. The second-order valence-corrected chi connectivity index (χ2v) is 8.10. The van der Waals surface area contributed by atoms with Crippen molar-refractivity contribution in [1.82, 2.24) is 14.8 Å². The number of aromatic amines is 1. The minimum absolute atomic E-state index is 0.289. The van der Waals surface area contributed by atoms with Crippen LogP contribution in [0.4, 0.5) is 0 Å². The van der Waals surface area contributed by atoms with E-state index in [-0.39, 0.29) is 5.78 Å². The van der Waals surface area contributed by atoms with Gasteiger partial charge in [0.05, 0.1) is 17.1 Å². The monoisotopic (exact) mass is 449 g/mol. The van der Waals surface area contributed by atoms with Crippen LogP contribution in [-0.4, -0.2) is 26.5 Å². The zero-order chi connectivity index (χ0) is 23.7. The van der Waals surface area contributed by atoms with Crippen LogP contribution in [0.1, 0.15) is 43.8 Å². The number of carbonyl (C=O) groups excluding carboxylic acids is 2. The molecule has 0 saturated carbocycles. The van der Waals surface area contributed by atoms with Gasteiger partial charge in [-0.2, -0.15) is 5.10 Å². The number of aryl methyl sites for hydroxylation is 1. The summed E-state index contributed by atoms with van der Waals surface area (Å²) in [4.78, 5) is 30.2. The first-order chi connectivity index (χ1) is 16.5. The molecule has 0 radical (unpaired) electrons. The molecule has 0 spiro atoms. The Bertz CT molecular complexity index is 1480. The van der Waals surface area contributed by atoms with Crippen molar-refractivity contribution in [2.45, 2.75) is 20.0 Å². The minimum Gasteiger partial charge on any atom is -0.445 e. The van der Waals surface area contributed by atoms with E-state index in [2.05, 4.69) is 10.1 Å². The van der Waals surface area contributed by atoms with Gasteiger partial charge in [0.2, 0.25) is 5.78 Å². The molecule has 5 aromatic rings. The number of para-hydroxylation sites is 2. The normalized spacial score (nSPS) is 11.9. The molecule has 0 amide bonds. The molecule has 168 valence electrons. The Morgan fingerprint density at radius 1 is 0.882 bits per heavy atom. The molecule has 1 N–H and O–H groups in total. The summed E-state index contributed by atoms with van der Waals surface area (Å²) in [6, 6.07) is 26.2. The van der Waals surface area contributed by atoms with Gasteiger partial charge in [-0.15, -0.1) is 0 Å². The van der Waals surface area contributed by atoms with Crippen molar-refractivity contribution >= 4 is 22.7 Å². The van der Waals surface area contributed by atoms with Crippen LogP contribution < -0.4 is 0 Å². The van der Waals surface area contributed by atoms with Gasteiger partial charge in [-0.1, -0.05) is 66.7 Å². The number of fused-ring (bicyclic) bond motifs is 1. The number of ether oxygens (including phenoxy) is 1. The van der Waals surface area contributed by atoms with Crippen LogP contribution in [0, 0.1) is 13.8 Å². The van der Waals surface area contributed by atoms with E-state index in [0.717, 1.165) is 16.6 Å². The standard InChI is InChI=1S/C28H23N3O3/c1-18-25(19(2)31(30-18)21-13-7-4-8-14-21)28(33)34-27(20-11-5-3-6-12-20)26(32)23-17-29-24-16-10-9-15-22(23)24/h3-17,27,29H,1-2H3. The van der Waals surface area contributed by atoms with Gasteiger partial charge in [0, 0.05) is 28.2 Å². The summed E-state index contributed by atoms with van der Waals surface area (Å²) >= 11 is 0. The lowest BCUT2D eigenvalue weighted by molar-refractivity contribution is 0.0279. The summed E-state index contributed by atoms with van der Waals surface area (Å²) in [5.41, 5.74) is 4.33. The lowest BCUT2D eigenvalue weighted by atomic mass is 9.99. The van der Waals surface area contributed by atoms with Gasteiger partial charge in [-0.25, -0.2) is 9.48 Å². The van der Waals surface area contributed by atoms with Crippen LogP contribution in [0.25, 0.3) is 16.6 Å². The largest absolute Gasteiger partial charge is 0.445 e. The third kappa shape index (κ3) is 3.79. The van der Waals surface area contributed by atoms with Crippen LogP contribution in [0.2, 0.25) is 0 Å². The fourth-order valence-corrected chi connectivity index (χ4v) is 4.24. The molecular weight excluding hydrogens is 426 g/mol. The molecule has 2 heterocycles. The maximum Gasteiger partial charge on any atom is 0.342 e. The fraction of sp³-hybridized carbons (Fsp3) is 0.107. The lowest BCUT2D eigenvalue weighted by Crippen LogP contribution is -2.21. The van der Waals surface area contributed by atoms with Crippen molar-refractivity contribution in [1.29, 1.82) is 0 Å². The molecule has 3 aromatic carbocycles. The topological polar surface area (TPSA) is 77.0 Å². The van der Waals surface area contributed by atoms with Gasteiger partial charge in [-0.05, 0) is 32.0 Å². The first-order valence-corrected chi connectivity index (χ1v) is 11.0. The number of Topliss-reactive ketones (excluding diaryl/α,β-unsaturated/α-hetero) is 1. The number of ketones is 1. The van der Waals surface area contributed by atoms with Crippen molar-refractivity contribution in [3.05, 3.63) is 119 Å². The molecule has 1 atom stereocenters. The molecule has 1 unspecified atom stereocenters. The summed E-state index contributed by atoms with van der Waals surface area (Å²) < 4.78 is 7.63. The highest BCUT2D eigenvalue weighted by Crippen LogP contribution is 2.29. The SMILES string of the molecule is Cc1nn(-c2ccccc2)c(C)c1C(=O)OC(C(=O)c1c[nH]c2ccccc12)c1ccccc1. The Kier molecular flexibility index (Phi) is 5.55. The van der Waals surface area contributed by atoms with E-state index in [4.69, 9.17) is 4.74 Å². The maximum absolute atomic E-state index is 13.7. The molecule has 6 heteroatoms. The van der Waals surface area contributed by atoms with Gasteiger partial charge in [0.1, 0.15) is 5.56 Å². The summed E-state index contributed by atoms with van der Waals surface area (Å²) in [5, 5.41) is 5.33. The van der Waals surface area contributed by atoms with Gasteiger partial charge in [0.25, 0.3) is 0 Å². The molecule has 5 rings (SSSR count). The van der Waals surface area contributed by atoms with Crippen molar-refractivity contribution in [2.75, 3.05) is 0 Å². The number of hydrogen-bond donors (Lipinski definition) is 1. The zero-order valence-electron chi connectivity index (χ0n) is 18.9. The molecule has 2 aromatic heterocycles. The first kappa shape index (κ1) is 21.4. The Morgan fingerprint density at radius 3 is 2.26 bits per heavy atom. The van der Waals surface area contributed by atoms with E-state index in [1.165, 1.54) is 0 Å². The van der Waals surface area contributed by atoms with Crippen LogP contribution in [0.15, 0.2) is 91.1 Å². The highest BCUT2D eigenvalue weighted by Gasteiger charge is 2.31. The molecule has 6 nitrogen and oxygen atoms in total. The summed E-state index contributed by atoms with van der Waals surface area (Å²) in [5.74, 6) is -0.873. The first-order valence-electron chi connectivity index (χ1n) is 11.0. The van der Waals surface area contributed by atoms with Crippen LogP contribution >= 0.6 is 0 Å². The van der Waals surface area contributed by atoms with E-state index in [1.54, 1.807) is 29.9 Å². The van der Waals surface area contributed by atoms with Crippen LogP contribution in [-0.2, 0) is 4.74 Å². The molecule has 0 aliphatic rings. The Balaban J connectivity index is 1.52. The third-order valence-electron chi connectivity index (χ3n) is 5.92. The lowest BCUT2D eigenvalue weighted by Gasteiger charge is -2.17. The Labute approximate surface area is 196 Å². The fourth-order valence-electron chi connectivity index (χ4n) is 4.24. The average molecular weight is 450 g/mol. The van der Waals surface area contributed by atoms with E-state index in [9.17, 15) is 9.59 Å². The number of nitrogens with zero attached hydrogens (tertiary/aromatic N) is 2.